The first-order valence-corrected chi connectivity index (χ1v) is 4.13. The van der Waals surface area contributed by atoms with E-state index in [1.807, 2.05) is 13.0 Å². The zero-order chi connectivity index (χ0) is 7.56. The summed E-state index contributed by atoms with van der Waals surface area (Å²) in [7, 11) is 0. The summed E-state index contributed by atoms with van der Waals surface area (Å²) < 4.78 is 0. The Bertz CT molecular complexity index is 259. The van der Waals surface area contributed by atoms with Crippen molar-refractivity contribution in [3.8, 4) is 6.07 Å². The number of hydrogen-bond acceptors (Lipinski definition) is 2. The molecule has 0 aliphatic rings. The highest BCUT2D eigenvalue weighted by molar-refractivity contribution is 7.12. The van der Waals surface area contributed by atoms with Crippen LogP contribution in [0.25, 0.3) is 0 Å². The van der Waals surface area contributed by atoms with Gasteiger partial charge in [0.1, 0.15) is 10.9 Å². The lowest BCUT2D eigenvalue weighted by Gasteiger charge is -1.93. The third kappa shape index (κ3) is 1.50. The third-order valence-corrected chi connectivity index (χ3v) is 2.67. The van der Waals surface area contributed by atoms with Crippen molar-refractivity contribution in [2.75, 3.05) is 0 Å². The van der Waals surface area contributed by atoms with Gasteiger partial charge in [0.05, 0.1) is 5.38 Å². The van der Waals surface area contributed by atoms with Gasteiger partial charge in [-0.2, -0.15) is 5.26 Å². The summed E-state index contributed by atoms with van der Waals surface area (Å²) in [5.41, 5.74) is 0. The number of hydrogen-bond donors (Lipinski definition) is 0. The lowest BCUT2D eigenvalue weighted by atomic mass is 10.4. The summed E-state index contributed by atoms with van der Waals surface area (Å²) in [6.45, 7) is 1.90. The molecule has 1 rings (SSSR count). The van der Waals surface area contributed by atoms with Crippen molar-refractivity contribution >= 4 is 22.9 Å². The lowest BCUT2D eigenvalue weighted by molar-refractivity contribution is 1.12. The van der Waals surface area contributed by atoms with Crippen molar-refractivity contribution in [2.45, 2.75) is 12.3 Å². The molecule has 1 aromatic rings. The molecule has 0 N–H and O–H groups in total. The summed E-state index contributed by atoms with van der Waals surface area (Å²) in [6.07, 6.45) is 0. The predicted molar refractivity (Wildman–Crippen MR) is 43.3 cm³/mol. The first-order valence-electron chi connectivity index (χ1n) is 2.88. The normalized spacial score (nSPS) is 12.5. The SMILES string of the molecule is CC(Cl)c1ccc(C#N)s1. The van der Waals surface area contributed by atoms with Crippen LogP contribution in [0, 0.1) is 11.3 Å². The van der Waals surface area contributed by atoms with Gasteiger partial charge < -0.3 is 0 Å². The van der Waals surface area contributed by atoms with Crippen LogP contribution in [-0.2, 0) is 0 Å². The van der Waals surface area contributed by atoms with Crippen molar-refractivity contribution in [1.82, 2.24) is 0 Å². The van der Waals surface area contributed by atoms with Crippen LogP contribution in [0.4, 0.5) is 0 Å². The molecule has 0 radical (unpaired) electrons. The lowest BCUT2D eigenvalue weighted by Crippen LogP contribution is -1.72. The van der Waals surface area contributed by atoms with Crippen molar-refractivity contribution in [3.05, 3.63) is 21.9 Å². The first kappa shape index (κ1) is 7.59. The van der Waals surface area contributed by atoms with Gasteiger partial charge in [-0.3, -0.25) is 0 Å². The second kappa shape index (κ2) is 3.05. The molecule has 1 atom stereocenters. The molecule has 0 amide bonds. The molecule has 0 aromatic carbocycles. The average molecular weight is 172 g/mol. The smallest absolute Gasteiger partial charge is 0.110 e. The Hall–Kier alpha value is -0.520. The fourth-order valence-electron chi connectivity index (χ4n) is 0.627. The van der Waals surface area contributed by atoms with Crippen molar-refractivity contribution in [3.63, 3.8) is 0 Å². The van der Waals surface area contributed by atoms with Crippen molar-refractivity contribution < 1.29 is 0 Å². The van der Waals surface area contributed by atoms with E-state index in [0.717, 1.165) is 9.75 Å². The summed E-state index contributed by atoms with van der Waals surface area (Å²) in [5, 5.41) is 8.47. The topological polar surface area (TPSA) is 23.8 Å². The van der Waals surface area contributed by atoms with Crippen LogP contribution < -0.4 is 0 Å². The summed E-state index contributed by atoms with van der Waals surface area (Å²) in [6, 6.07) is 5.74. The Kier molecular flexibility index (Phi) is 2.31. The highest BCUT2D eigenvalue weighted by Crippen LogP contribution is 2.26. The highest BCUT2D eigenvalue weighted by Gasteiger charge is 2.03. The largest absolute Gasteiger partial charge is 0.192 e. The quantitative estimate of drug-likeness (QED) is 0.596. The van der Waals surface area contributed by atoms with E-state index < -0.39 is 0 Å². The van der Waals surface area contributed by atoms with Crippen LogP contribution in [0.2, 0.25) is 0 Å². The maximum absolute atomic E-state index is 8.45. The molecule has 0 bridgehead atoms. The van der Waals surface area contributed by atoms with E-state index in [9.17, 15) is 0 Å². The maximum atomic E-state index is 8.45. The van der Waals surface area contributed by atoms with Gasteiger partial charge >= 0.3 is 0 Å². The van der Waals surface area contributed by atoms with Gasteiger partial charge in [0.15, 0.2) is 0 Å². The number of nitrogens with zero attached hydrogens (tertiary/aromatic N) is 1. The molecule has 0 saturated heterocycles. The number of alkyl halides is 1. The van der Waals surface area contributed by atoms with E-state index in [-0.39, 0.29) is 5.38 Å². The number of halogens is 1. The summed E-state index contributed by atoms with van der Waals surface area (Å²) >= 11 is 7.22. The van der Waals surface area contributed by atoms with E-state index in [2.05, 4.69) is 6.07 Å². The van der Waals surface area contributed by atoms with Gasteiger partial charge in [0.2, 0.25) is 0 Å². The zero-order valence-electron chi connectivity index (χ0n) is 5.47. The second-order valence-corrected chi connectivity index (χ2v) is 3.70. The van der Waals surface area contributed by atoms with E-state index in [1.54, 1.807) is 6.07 Å². The molecule has 3 heteroatoms. The number of nitriles is 1. The Morgan fingerprint density at radius 2 is 2.40 bits per heavy atom. The Balaban J connectivity index is 2.91. The van der Waals surface area contributed by atoms with Crippen LogP contribution in [0.15, 0.2) is 12.1 Å². The molecule has 0 spiro atoms. The Morgan fingerprint density at radius 1 is 1.70 bits per heavy atom. The number of thiophene rings is 1. The van der Waals surface area contributed by atoms with Gasteiger partial charge in [0, 0.05) is 4.88 Å². The van der Waals surface area contributed by atoms with E-state index in [1.165, 1.54) is 11.3 Å². The minimum Gasteiger partial charge on any atom is -0.192 e. The Labute approximate surface area is 68.9 Å². The van der Waals surface area contributed by atoms with Crippen molar-refractivity contribution in [1.29, 1.82) is 5.26 Å². The maximum Gasteiger partial charge on any atom is 0.110 e. The summed E-state index contributed by atoms with van der Waals surface area (Å²) in [5.74, 6) is 0. The minimum absolute atomic E-state index is 0.0205. The molecule has 0 aliphatic carbocycles. The molecular weight excluding hydrogens is 166 g/mol. The molecule has 1 unspecified atom stereocenters. The molecule has 0 saturated carbocycles. The zero-order valence-corrected chi connectivity index (χ0v) is 7.04. The molecule has 1 aromatic heterocycles. The Morgan fingerprint density at radius 3 is 2.70 bits per heavy atom. The van der Waals surface area contributed by atoms with E-state index in [4.69, 9.17) is 16.9 Å². The molecule has 1 heterocycles. The van der Waals surface area contributed by atoms with E-state index >= 15 is 0 Å². The van der Waals surface area contributed by atoms with E-state index in [0.29, 0.717) is 0 Å². The molecule has 52 valence electrons. The fourth-order valence-corrected chi connectivity index (χ4v) is 1.57. The second-order valence-electron chi connectivity index (χ2n) is 1.93. The molecule has 10 heavy (non-hydrogen) atoms. The van der Waals surface area contributed by atoms with Gasteiger partial charge in [0.25, 0.3) is 0 Å². The van der Waals surface area contributed by atoms with Crippen LogP contribution >= 0.6 is 22.9 Å². The predicted octanol–water partition coefficient (Wildman–Crippen LogP) is 2.92. The first-order chi connectivity index (χ1) is 4.74. The summed E-state index contributed by atoms with van der Waals surface area (Å²) in [4.78, 5) is 1.78. The standard InChI is InChI=1S/C7H6ClNS/c1-5(8)7-3-2-6(4-9)10-7/h2-3,5H,1H3. The van der Waals surface area contributed by atoms with Crippen molar-refractivity contribution in [2.24, 2.45) is 0 Å². The molecule has 0 aliphatic heterocycles. The molecule has 1 nitrogen and oxygen atoms in total. The van der Waals surface area contributed by atoms with Gasteiger partial charge in [-0.05, 0) is 19.1 Å². The monoisotopic (exact) mass is 171 g/mol. The van der Waals surface area contributed by atoms with Crippen LogP contribution in [0.3, 0.4) is 0 Å². The fraction of sp³-hybridized carbons (Fsp3) is 0.286. The highest BCUT2D eigenvalue weighted by atomic mass is 35.5. The minimum atomic E-state index is 0.0205. The number of rotatable bonds is 1. The van der Waals surface area contributed by atoms with Gasteiger partial charge in [-0.1, -0.05) is 0 Å². The third-order valence-electron chi connectivity index (χ3n) is 1.13. The molecular formula is C7H6ClNS. The van der Waals surface area contributed by atoms with Gasteiger partial charge in [-0.25, -0.2) is 0 Å². The molecule has 0 fully saturated rings. The van der Waals surface area contributed by atoms with Gasteiger partial charge in [-0.15, -0.1) is 22.9 Å². The van der Waals surface area contributed by atoms with Crippen LogP contribution in [-0.4, -0.2) is 0 Å². The average Bonchev–Trinajstić information content (AvgIpc) is 2.34. The van der Waals surface area contributed by atoms with Crippen LogP contribution in [0.5, 0.6) is 0 Å². The van der Waals surface area contributed by atoms with Crippen LogP contribution in [0.1, 0.15) is 22.1 Å².